The molecule has 0 aromatic rings. The first-order valence-electron chi connectivity index (χ1n) is 6.69. The second-order valence-electron chi connectivity index (χ2n) is 6.86. The topological polar surface area (TPSA) is 102 Å². The Morgan fingerprint density at radius 1 is 1.24 bits per heavy atom. The smallest absolute Gasteiger partial charge is 0.407 e. The summed E-state index contributed by atoms with van der Waals surface area (Å²) in [4.78, 5) is 11.8. The first-order valence-corrected chi connectivity index (χ1v) is 8.50. The maximum atomic E-state index is 11.8. The number of amides is 1. The van der Waals surface area contributed by atoms with Gasteiger partial charge in [-0.05, 0) is 32.6 Å². The van der Waals surface area contributed by atoms with Crippen LogP contribution < -0.4 is 5.32 Å². The molecular weight excluding hydrogens is 298 g/mol. The molecule has 0 saturated heterocycles. The maximum absolute atomic E-state index is 11.8. The van der Waals surface area contributed by atoms with E-state index in [2.05, 4.69) is 5.32 Å². The third-order valence-electron chi connectivity index (χ3n) is 2.43. The summed E-state index contributed by atoms with van der Waals surface area (Å²) < 4.78 is 32.0. The second kappa shape index (κ2) is 7.42. The molecule has 0 aliphatic rings. The number of rotatable bonds is 7. The van der Waals surface area contributed by atoms with Crippen LogP contribution in [0.4, 0.5) is 4.79 Å². The van der Waals surface area contributed by atoms with Crippen molar-refractivity contribution in [3.8, 4) is 0 Å². The molecule has 2 N–H and O–H groups in total. The van der Waals surface area contributed by atoms with E-state index >= 15 is 0 Å². The lowest BCUT2D eigenvalue weighted by Gasteiger charge is -2.29. The summed E-state index contributed by atoms with van der Waals surface area (Å²) in [6.45, 7) is 8.49. The maximum Gasteiger partial charge on any atom is 0.407 e. The lowest BCUT2D eigenvalue weighted by atomic mass is 9.87. The van der Waals surface area contributed by atoms with E-state index in [4.69, 9.17) is 8.92 Å². The molecule has 0 heterocycles. The van der Waals surface area contributed by atoms with E-state index in [1.807, 2.05) is 0 Å². The fraction of sp³-hybridized carbons (Fsp3) is 0.923. The number of alkyl carbamates (subject to hydrolysis) is 1. The van der Waals surface area contributed by atoms with Crippen LogP contribution in [0.25, 0.3) is 0 Å². The van der Waals surface area contributed by atoms with Crippen molar-refractivity contribution >= 4 is 16.2 Å². The van der Waals surface area contributed by atoms with Crippen LogP contribution >= 0.6 is 0 Å². The standard InChI is InChI=1S/C13H27NO6S/c1-12(2,3)20-11(16)14-10(7-13(4,5)9-15)8-19-21(6,17)18/h10,15H,7-9H2,1-6H3,(H,14,16)/t10-/m1/s1. The van der Waals surface area contributed by atoms with Crippen LogP contribution in [0.15, 0.2) is 0 Å². The van der Waals surface area contributed by atoms with Gasteiger partial charge in [0.1, 0.15) is 5.60 Å². The number of hydrogen-bond donors (Lipinski definition) is 2. The van der Waals surface area contributed by atoms with Gasteiger partial charge in [0.25, 0.3) is 10.1 Å². The van der Waals surface area contributed by atoms with E-state index in [9.17, 15) is 18.3 Å². The third-order valence-corrected chi connectivity index (χ3v) is 3.00. The molecular formula is C13H27NO6S. The van der Waals surface area contributed by atoms with Gasteiger partial charge in [0.2, 0.25) is 0 Å². The van der Waals surface area contributed by atoms with Gasteiger partial charge in [-0.3, -0.25) is 4.18 Å². The number of nitrogens with one attached hydrogen (secondary N) is 1. The van der Waals surface area contributed by atoms with E-state index < -0.39 is 33.3 Å². The summed E-state index contributed by atoms with van der Waals surface area (Å²) in [5, 5.41) is 11.9. The fourth-order valence-electron chi connectivity index (χ4n) is 1.56. The molecule has 1 atom stereocenters. The summed E-state index contributed by atoms with van der Waals surface area (Å²) in [6, 6.07) is -0.586. The number of aliphatic hydroxyl groups is 1. The molecule has 0 fully saturated rings. The molecule has 8 heteroatoms. The minimum absolute atomic E-state index is 0.0988. The highest BCUT2D eigenvalue weighted by molar-refractivity contribution is 7.85. The van der Waals surface area contributed by atoms with Gasteiger partial charge < -0.3 is 15.2 Å². The SMILES string of the molecule is CC(C)(CO)C[C@H](COS(C)(=O)=O)NC(=O)OC(C)(C)C. The number of carbonyl (C=O) groups excluding carboxylic acids is 1. The van der Waals surface area contributed by atoms with Crippen molar-refractivity contribution in [1.29, 1.82) is 0 Å². The molecule has 1 amide bonds. The molecule has 0 saturated carbocycles. The van der Waals surface area contributed by atoms with Gasteiger partial charge in [0.15, 0.2) is 0 Å². The van der Waals surface area contributed by atoms with Crippen LogP contribution in [0, 0.1) is 5.41 Å². The zero-order valence-electron chi connectivity index (χ0n) is 13.6. The Morgan fingerprint density at radius 2 is 1.76 bits per heavy atom. The summed E-state index contributed by atoms with van der Waals surface area (Å²) >= 11 is 0. The van der Waals surface area contributed by atoms with E-state index in [0.29, 0.717) is 6.42 Å². The highest BCUT2D eigenvalue weighted by Gasteiger charge is 2.27. The van der Waals surface area contributed by atoms with Crippen LogP contribution in [0.2, 0.25) is 0 Å². The zero-order valence-corrected chi connectivity index (χ0v) is 14.4. The van der Waals surface area contributed by atoms with Crippen molar-refractivity contribution in [3.05, 3.63) is 0 Å². The van der Waals surface area contributed by atoms with Crippen LogP contribution in [-0.4, -0.2) is 50.7 Å². The van der Waals surface area contributed by atoms with Gasteiger partial charge in [-0.2, -0.15) is 8.42 Å². The Hall–Kier alpha value is -0.860. The summed E-state index contributed by atoms with van der Waals surface area (Å²) in [7, 11) is -3.61. The average Bonchev–Trinajstić information content (AvgIpc) is 2.21. The van der Waals surface area contributed by atoms with Crippen molar-refractivity contribution in [2.45, 2.75) is 52.7 Å². The van der Waals surface area contributed by atoms with E-state index in [0.717, 1.165) is 6.26 Å². The number of carbonyl (C=O) groups is 1. The molecule has 0 radical (unpaired) electrons. The summed E-state index contributed by atoms with van der Waals surface area (Å²) in [5.41, 5.74) is -1.14. The minimum atomic E-state index is -3.61. The Bertz CT molecular complexity index is 438. The highest BCUT2D eigenvalue weighted by Crippen LogP contribution is 2.22. The Labute approximate surface area is 127 Å². The summed E-state index contributed by atoms with van der Waals surface area (Å²) in [5.74, 6) is 0. The largest absolute Gasteiger partial charge is 0.444 e. The van der Waals surface area contributed by atoms with Crippen molar-refractivity contribution in [2.24, 2.45) is 5.41 Å². The fourth-order valence-corrected chi connectivity index (χ4v) is 1.97. The molecule has 7 nitrogen and oxygen atoms in total. The lowest BCUT2D eigenvalue weighted by Crippen LogP contribution is -2.44. The normalized spacial score (nSPS) is 14.6. The van der Waals surface area contributed by atoms with Crippen LogP contribution in [-0.2, 0) is 19.0 Å². The van der Waals surface area contributed by atoms with Crippen molar-refractivity contribution in [1.82, 2.24) is 5.32 Å². The van der Waals surface area contributed by atoms with Crippen LogP contribution in [0.5, 0.6) is 0 Å². The quantitative estimate of drug-likeness (QED) is 0.683. The predicted octanol–water partition coefficient (Wildman–Crippen LogP) is 1.26. The molecule has 0 rings (SSSR count). The molecule has 0 aliphatic heterocycles. The minimum Gasteiger partial charge on any atom is -0.444 e. The molecule has 0 aromatic carbocycles. The number of hydrogen-bond acceptors (Lipinski definition) is 6. The molecule has 21 heavy (non-hydrogen) atoms. The second-order valence-corrected chi connectivity index (χ2v) is 8.50. The van der Waals surface area contributed by atoms with Gasteiger partial charge in [0.05, 0.1) is 18.9 Å². The zero-order chi connectivity index (χ0) is 16.9. The Kier molecular flexibility index (Phi) is 7.11. The molecule has 0 unspecified atom stereocenters. The van der Waals surface area contributed by atoms with Crippen molar-refractivity contribution < 1.29 is 27.2 Å². The molecule has 0 spiro atoms. The van der Waals surface area contributed by atoms with Crippen molar-refractivity contribution in [2.75, 3.05) is 19.5 Å². The molecule has 126 valence electrons. The number of ether oxygens (including phenoxy) is 1. The average molecular weight is 325 g/mol. The van der Waals surface area contributed by atoms with E-state index in [-0.39, 0.29) is 13.2 Å². The Morgan fingerprint density at radius 3 is 2.14 bits per heavy atom. The lowest BCUT2D eigenvalue weighted by molar-refractivity contribution is 0.0451. The van der Waals surface area contributed by atoms with E-state index in [1.54, 1.807) is 34.6 Å². The summed E-state index contributed by atoms with van der Waals surface area (Å²) in [6.07, 6.45) is 0.630. The van der Waals surface area contributed by atoms with Crippen LogP contribution in [0.1, 0.15) is 41.0 Å². The monoisotopic (exact) mass is 325 g/mol. The van der Waals surface area contributed by atoms with Gasteiger partial charge in [0, 0.05) is 6.61 Å². The van der Waals surface area contributed by atoms with Gasteiger partial charge >= 0.3 is 6.09 Å². The van der Waals surface area contributed by atoms with Gasteiger partial charge in [-0.25, -0.2) is 4.79 Å². The van der Waals surface area contributed by atoms with Gasteiger partial charge in [-0.1, -0.05) is 13.8 Å². The third kappa shape index (κ3) is 11.5. The van der Waals surface area contributed by atoms with E-state index in [1.165, 1.54) is 0 Å². The van der Waals surface area contributed by atoms with Crippen LogP contribution in [0.3, 0.4) is 0 Å². The predicted molar refractivity (Wildman–Crippen MR) is 79.4 cm³/mol. The highest BCUT2D eigenvalue weighted by atomic mass is 32.2. The molecule has 0 aromatic heterocycles. The number of aliphatic hydroxyl groups excluding tert-OH is 1. The first kappa shape index (κ1) is 20.1. The van der Waals surface area contributed by atoms with Crippen molar-refractivity contribution in [3.63, 3.8) is 0 Å². The molecule has 0 aliphatic carbocycles. The molecule has 0 bridgehead atoms. The first-order chi connectivity index (χ1) is 9.24. The van der Waals surface area contributed by atoms with Gasteiger partial charge in [-0.15, -0.1) is 0 Å². The Balaban J connectivity index is 4.76.